The molecular weight excluding hydrogens is 297 g/mol. The molecule has 1 aromatic carbocycles. The Morgan fingerprint density at radius 3 is 2.65 bits per heavy atom. The van der Waals surface area contributed by atoms with E-state index >= 15 is 0 Å². The third kappa shape index (κ3) is 3.65. The molecule has 0 amide bonds. The average Bonchev–Trinajstić information content (AvgIpc) is 2.56. The molecule has 5 nitrogen and oxygen atoms in total. The fourth-order valence-electron chi connectivity index (χ4n) is 2.79. The maximum absolute atomic E-state index is 13.8. The Morgan fingerprint density at radius 2 is 1.96 bits per heavy atom. The number of pyridine rings is 1. The third-order valence-electron chi connectivity index (χ3n) is 3.99. The number of aromatic carboxylic acids is 1. The molecule has 0 unspecified atom stereocenters. The Labute approximate surface area is 134 Å². The molecule has 6 heteroatoms. The smallest absolute Gasteiger partial charge is 0.335 e. The van der Waals surface area contributed by atoms with Gasteiger partial charge in [0.15, 0.2) is 11.6 Å². The zero-order valence-corrected chi connectivity index (χ0v) is 12.7. The highest BCUT2D eigenvalue weighted by molar-refractivity contribution is 5.87. The minimum absolute atomic E-state index is 0.296. The fraction of sp³-hybridized carbons (Fsp3) is 0.294. The second kappa shape index (κ2) is 6.75. The van der Waals surface area contributed by atoms with Crippen molar-refractivity contribution in [3.63, 3.8) is 0 Å². The molecule has 2 aromatic rings. The Kier molecular flexibility index (Phi) is 4.52. The number of carbonyl (C=O) groups is 1. The van der Waals surface area contributed by atoms with Crippen LogP contribution in [0.1, 0.15) is 15.9 Å². The number of aromatic nitrogens is 1. The van der Waals surface area contributed by atoms with Crippen LogP contribution in [0.15, 0.2) is 42.6 Å². The normalized spacial score (nSPS) is 15.6. The third-order valence-corrected chi connectivity index (χ3v) is 3.99. The molecule has 0 spiro atoms. The largest absolute Gasteiger partial charge is 0.478 e. The van der Waals surface area contributed by atoms with Crippen molar-refractivity contribution in [3.8, 4) is 0 Å². The highest BCUT2D eigenvalue weighted by Gasteiger charge is 2.20. The second-order valence-electron chi connectivity index (χ2n) is 5.58. The van der Waals surface area contributed by atoms with Gasteiger partial charge in [-0.25, -0.2) is 14.2 Å². The van der Waals surface area contributed by atoms with Crippen molar-refractivity contribution in [2.24, 2.45) is 0 Å². The standard InChI is InChI=1S/C17H18FN3O2/c18-15-5-2-6-19-16(15)21-9-7-20(8-10-21)12-13-3-1-4-14(11-13)17(22)23/h1-6,11H,7-10,12H2,(H,22,23). The van der Waals surface area contributed by atoms with Crippen LogP contribution in [0.3, 0.4) is 0 Å². The molecule has 1 aromatic heterocycles. The lowest BCUT2D eigenvalue weighted by Gasteiger charge is -2.35. The number of benzene rings is 1. The zero-order chi connectivity index (χ0) is 16.2. The lowest BCUT2D eigenvalue weighted by Crippen LogP contribution is -2.46. The molecule has 0 atom stereocenters. The number of hydrogen-bond donors (Lipinski definition) is 1. The summed E-state index contributed by atoms with van der Waals surface area (Å²) < 4.78 is 13.8. The Balaban J connectivity index is 1.60. The molecule has 2 heterocycles. The summed E-state index contributed by atoms with van der Waals surface area (Å²) in [6.45, 7) is 3.67. The van der Waals surface area contributed by atoms with Gasteiger partial charge in [0.1, 0.15) is 0 Å². The second-order valence-corrected chi connectivity index (χ2v) is 5.58. The highest BCUT2D eigenvalue weighted by atomic mass is 19.1. The molecule has 23 heavy (non-hydrogen) atoms. The molecule has 1 saturated heterocycles. The van der Waals surface area contributed by atoms with Crippen LogP contribution in [0.25, 0.3) is 0 Å². The lowest BCUT2D eigenvalue weighted by atomic mass is 10.1. The van der Waals surface area contributed by atoms with Gasteiger partial charge in [-0.1, -0.05) is 12.1 Å². The van der Waals surface area contributed by atoms with Gasteiger partial charge in [0.25, 0.3) is 0 Å². The van der Waals surface area contributed by atoms with Gasteiger partial charge in [-0.3, -0.25) is 4.90 Å². The number of rotatable bonds is 4. The summed E-state index contributed by atoms with van der Waals surface area (Å²) in [4.78, 5) is 19.3. The molecule has 3 rings (SSSR count). The molecule has 0 saturated carbocycles. The van der Waals surface area contributed by atoms with Crippen LogP contribution in [0.5, 0.6) is 0 Å². The molecule has 0 bridgehead atoms. The van der Waals surface area contributed by atoms with E-state index in [0.29, 0.717) is 31.0 Å². The first-order valence-corrected chi connectivity index (χ1v) is 7.53. The first-order chi connectivity index (χ1) is 11.1. The summed E-state index contributed by atoms with van der Waals surface area (Å²) in [5.74, 6) is -0.808. The van der Waals surface area contributed by atoms with Gasteiger partial charge in [0.2, 0.25) is 0 Å². The molecule has 120 valence electrons. The Bertz CT molecular complexity index is 700. The SMILES string of the molecule is O=C(O)c1cccc(CN2CCN(c3ncccc3F)CC2)c1. The molecule has 1 aliphatic heterocycles. The van der Waals surface area contributed by atoms with Gasteiger partial charge in [-0.2, -0.15) is 0 Å². The number of hydrogen-bond acceptors (Lipinski definition) is 4. The van der Waals surface area contributed by atoms with Crippen LogP contribution in [0.2, 0.25) is 0 Å². The van der Waals surface area contributed by atoms with Gasteiger partial charge in [0, 0.05) is 38.9 Å². The van der Waals surface area contributed by atoms with E-state index in [1.165, 1.54) is 6.07 Å². The molecular formula is C17H18FN3O2. The van der Waals surface area contributed by atoms with Gasteiger partial charge < -0.3 is 10.0 Å². The average molecular weight is 315 g/mol. The lowest BCUT2D eigenvalue weighted by molar-refractivity contribution is 0.0696. The number of nitrogens with zero attached hydrogens (tertiary/aromatic N) is 3. The van der Waals surface area contributed by atoms with Crippen LogP contribution >= 0.6 is 0 Å². The summed E-state index contributed by atoms with van der Waals surface area (Å²) in [7, 11) is 0. The highest BCUT2D eigenvalue weighted by Crippen LogP contribution is 2.18. The monoisotopic (exact) mass is 315 g/mol. The summed E-state index contributed by atoms with van der Waals surface area (Å²) in [6.07, 6.45) is 1.60. The summed E-state index contributed by atoms with van der Waals surface area (Å²) in [5, 5.41) is 9.04. The van der Waals surface area contributed by atoms with Crippen LogP contribution in [0, 0.1) is 5.82 Å². The van der Waals surface area contributed by atoms with E-state index in [2.05, 4.69) is 9.88 Å². The van der Waals surface area contributed by atoms with Crippen molar-refractivity contribution in [2.75, 3.05) is 31.1 Å². The fourth-order valence-corrected chi connectivity index (χ4v) is 2.79. The van der Waals surface area contributed by atoms with Crippen molar-refractivity contribution in [1.29, 1.82) is 0 Å². The van der Waals surface area contributed by atoms with E-state index in [1.807, 2.05) is 11.0 Å². The van der Waals surface area contributed by atoms with Gasteiger partial charge >= 0.3 is 5.97 Å². The van der Waals surface area contributed by atoms with Gasteiger partial charge in [0.05, 0.1) is 5.56 Å². The number of anilines is 1. The van der Waals surface area contributed by atoms with E-state index in [0.717, 1.165) is 18.7 Å². The van der Waals surface area contributed by atoms with Crippen LogP contribution in [-0.2, 0) is 6.54 Å². The van der Waals surface area contributed by atoms with Crippen molar-refractivity contribution in [2.45, 2.75) is 6.54 Å². The van der Waals surface area contributed by atoms with E-state index in [-0.39, 0.29) is 5.82 Å². The number of piperazine rings is 1. The molecule has 0 aliphatic carbocycles. The maximum atomic E-state index is 13.8. The number of halogens is 1. The van der Waals surface area contributed by atoms with Crippen molar-refractivity contribution >= 4 is 11.8 Å². The molecule has 1 aliphatic rings. The first-order valence-electron chi connectivity index (χ1n) is 7.53. The Morgan fingerprint density at radius 1 is 1.17 bits per heavy atom. The van der Waals surface area contributed by atoms with E-state index < -0.39 is 5.97 Å². The quantitative estimate of drug-likeness (QED) is 0.938. The van der Waals surface area contributed by atoms with Crippen molar-refractivity contribution in [3.05, 3.63) is 59.5 Å². The topological polar surface area (TPSA) is 56.7 Å². The van der Waals surface area contributed by atoms with Crippen LogP contribution in [0.4, 0.5) is 10.2 Å². The zero-order valence-electron chi connectivity index (χ0n) is 12.7. The summed E-state index contributed by atoms with van der Waals surface area (Å²) in [6, 6.07) is 9.99. The first kappa shape index (κ1) is 15.4. The van der Waals surface area contributed by atoms with Gasteiger partial charge in [-0.05, 0) is 29.8 Å². The summed E-state index contributed by atoms with van der Waals surface area (Å²) >= 11 is 0. The minimum atomic E-state index is -0.915. The maximum Gasteiger partial charge on any atom is 0.335 e. The summed E-state index contributed by atoms with van der Waals surface area (Å²) in [5.41, 5.74) is 1.28. The molecule has 0 radical (unpaired) electrons. The Hall–Kier alpha value is -2.47. The number of carboxylic acid groups (broad SMARTS) is 1. The van der Waals surface area contributed by atoms with E-state index in [1.54, 1.807) is 30.5 Å². The van der Waals surface area contributed by atoms with E-state index in [9.17, 15) is 9.18 Å². The number of carboxylic acids is 1. The van der Waals surface area contributed by atoms with Crippen molar-refractivity contribution < 1.29 is 14.3 Å². The predicted octanol–water partition coefficient (Wildman–Crippen LogP) is 2.24. The van der Waals surface area contributed by atoms with Gasteiger partial charge in [-0.15, -0.1) is 0 Å². The van der Waals surface area contributed by atoms with Crippen LogP contribution in [-0.4, -0.2) is 47.1 Å². The van der Waals surface area contributed by atoms with Crippen LogP contribution < -0.4 is 4.90 Å². The minimum Gasteiger partial charge on any atom is -0.478 e. The predicted molar refractivity (Wildman–Crippen MR) is 85.1 cm³/mol. The molecule has 1 N–H and O–H groups in total. The van der Waals surface area contributed by atoms with E-state index in [4.69, 9.17) is 5.11 Å². The molecule has 1 fully saturated rings. The van der Waals surface area contributed by atoms with Crippen molar-refractivity contribution in [1.82, 2.24) is 9.88 Å².